The zero-order valence-electron chi connectivity index (χ0n) is 9.51. The van der Waals surface area contributed by atoms with Gasteiger partial charge in [0.2, 0.25) is 0 Å². The van der Waals surface area contributed by atoms with Gasteiger partial charge in [0.15, 0.2) is 0 Å². The van der Waals surface area contributed by atoms with Crippen LogP contribution >= 0.6 is 0 Å². The average Bonchev–Trinajstić information content (AvgIpc) is 2.62. The second kappa shape index (κ2) is 4.19. The summed E-state index contributed by atoms with van der Waals surface area (Å²) in [6.07, 6.45) is 1.75. The molecule has 0 radical (unpaired) electrons. The summed E-state index contributed by atoms with van der Waals surface area (Å²) in [5.74, 6) is 0.869. The zero-order chi connectivity index (χ0) is 11.7. The smallest absolute Gasteiger partial charge is 0.140 e. The van der Waals surface area contributed by atoms with Crippen molar-refractivity contribution in [2.24, 2.45) is 5.73 Å². The van der Waals surface area contributed by atoms with Crippen molar-refractivity contribution >= 4 is 5.65 Å². The molecule has 5 nitrogen and oxygen atoms in total. The minimum Gasteiger partial charge on any atom is -0.387 e. The average molecular weight is 220 g/mol. The molecule has 3 N–H and O–H groups in total. The van der Waals surface area contributed by atoms with Gasteiger partial charge in [-0.2, -0.15) is 0 Å². The number of aliphatic hydroxyl groups excluding tert-OH is 1. The molecule has 1 atom stereocenters. The first-order chi connectivity index (χ1) is 7.61. The molecule has 0 bridgehead atoms. The van der Waals surface area contributed by atoms with Crippen LogP contribution in [0.4, 0.5) is 0 Å². The van der Waals surface area contributed by atoms with Crippen LogP contribution in [0.15, 0.2) is 12.3 Å². The van der Waals surface area contributed by atoms with Crippen LogP contribution in [0.2, 0.25) is 0 Å². The summed E-state index contributed by atoms with van der Waals surface area (Å²) in [7, 11) is 0. The van der Waals surface area contributed by atoms with Crippen LogP contribution in [0.25, 0.3) is 5.65 Å². The molecule has 0 aliphatic heterocycles. The molecule has 0 fully saturated rings. The summed E-state index contributed by atoms with van der Waals surface area (Å²) in [5.41, 5.74) is 7.80. The van der Waals surface area contributed by atoms with Gasteiger partial charge < -0.3 is 10.8 Å². The van der Waals surface area contributed by atoms with Crippen molar-refractivity contribution in [3.63, 3.8) is 0 Å². The molecule has 86 valence electrons. The summed E-state index contributed by atoms with van der Waals surface area (Å²) < 4.78 is 1.88. The summed E-state index contributed by atoms with van der Waals surface area (Å²) >= 11 is 0. The highest BCUT2D eigenvalue weighted by Crippen LogP contribution is 2.17. The number of aliphatic hydroxyl groups is 1. The lowest BCUT2D eigenvalue weighted by Gasteiger charge is -2.03. The van der Waals surface area contributed by atoms with E-state index in [0.29, 0.717) is 18.7 Å². The van der Waals surface area contributed by atoms with Crippen LogP contribution < -0.4 is 5.73 Å². The summed E-state index contributed by atoms with van der Waals surface area (Å²) in [4.78, 5) is 8.71. The van der Waals surface area contributed by atoms with E-state index in [1.165, 1.54) is 0 Å². The van der Waals surface area contributed by atoms with E-state index in [1.54, 1.807) is 0 Å². The third-order valence-corrected chi connectivity index (χ3v) is 2.56. The lowest BCUT2D eigenvalue weighted by molar-refractivity contribution is 0.166. The molecule has 0 saturated carbocycles. The number of aryl methyl sites for hydroxylation is 2. The monoisotopic (exact) mass is 220 g/mol. The minimum atomic E-state index is -0.593. The quantitative estimate of drug-likeness (QED) is 0.799. The fourth-order valence-electron chi connectivity index (χ4n) is 1.77. The summed E-state index contributed by atoms with van der Waals surface area (Å²) in [6, 6.07) is 1.89. The third-order valence-electron chi connectivity index (χ3n) is 2.56. The van der Waals surface area contributed by atoms with E-state index in [-0.39, 0.29) is 0 Å². The van der Waals surface area contributed by atoms with Crippen molar-refractivity contribution in [3.05, 3.63) is 29.5 Å². The third kappa shape index (κ3) is 1.91. The van der Waals surface area contributed by atoms with E-state index in [1.807, 2.05) is 30.5 Å². The van der Waals surface area contributed by atoms with E-state index >= 15 is 0 Å². The molecule has 2 aromatic heterocycles. The van der Waals surface area contributed by atoms with E-state index in [2.05, 4.69) is 9.97 Å². The molecular formula is C11H16N4O. The SMILES string of the molecule is Cc1cc2nc(C(O)CCN)cn2c(C)n1. The fourth-order valence-corrected chi connectivity index (χ4v) is 1.77. The van der Waals surface area contributed by atoms with Crippen molar-refractivity contribution in [1.29, 1.82) is 0 Å². The second-order valence-electron chi connectivity index (χ2n) is 3.93. The minimum absolute atomic E-state index is 0.450. The van der Waals surface area contributed by atoms with Crippen molar-refractivity contribution < 1.29 is 5.11 Å². The lowest BCUT2D eigenvalue weighted by atomic mass is 10.2. The Bertz CT molecular complexity index is 506. The molecule has 0 spiro atoms. The molecule has 1 unspecified atom stereocenters. The van der Waals surface area contributed by atoms with Crippen LogP contribution in [0.5, 0.6) is 0 Å². The van der Waals surface area contributed by atoms with E-state index in [0.717, 1.165) is 17.2 Å². The first-order valence-electron chi connectivity index (χ1n) is 5.33. The number of hydrogen-bond donors (Lipinski definition) is 2. The topological polar surface area (TPSA) is 76.4 Å². The highest BCUT2D eigenvalue weighted by molar-refractivity contribution is 5.42. The first kappa shape index (κ1) is 11.0. The van der Waals surface area contributed by atoms with Crippen molar-refractivity contribution in [2.45, 2.75) is 26.4 Å². The van der Waals surface area contributed by atoms with Crippen LogP contribution in [0, 0.1) is 13.8 Å². The van der Waals surface area contributed by atoms with Gasteiger partial charge in [-0.25, -0.2) is 9.97 Å². The van der Waals surface area contributed by atoms with Crippen LogP contribution in [-0.2, 0) is 0 Å². The van der Waals surface area contributed by atoms with Gasteiger partial charge in [0.05, 0.1) is 11.8 Å². The lowest BCUT2D eigenvalue weighted by Crippen LogP contribution is -2.06. The molecule has 0 saturated heterocycles. The number of imidazole rings is 1. The fraction of sp³-hybridized carbons (Fsp3) is 0.455. The predicted molar refractivity (Wildman–Crippen MR) is 61.1 cm³/mol. The Labute approximate surface area is 93.9 Å². The Kier molecular flexibility index (Phi) is 2.89. The molecule has 0 aliphatic carbocycles. The predicted octanol–water partition coefficient (Wildman–Crippen LogP) is 0.728. The number of nitrogens with two attached hydrogens (primary N) is 1. The molecule has 2 aromatic rings. The van der Waals surface area contributed by atoms with Crippen molar-refractivity contribution in [3.8, 4) is 0 Å². The van der Waals surface area contributed by atoms with Gasteiger partial charge >= 0.3 is 0 Å². The molecule has 2 rings (SSSR count). The molecule has 5 heteroatoms. The van der Waals surface area contributed by atoms with Gasteiger partial charge in [0.1, 0.15) is 11.5 Å². The number of hydrogen-bond acceptors (Lipinski definition) is 4. The molecule has 2 heterocycles. The van der Waals surface area contributed by atoms with Crippen molar-refractivity contribution in [2.75, 3.05) is 6.54 Å². The highest BCUT2D eigenvalue weighted by Gasteiger charge is 2.12. The highest BCUT2D eigenvalue weighted by atomic mass is 16.3. The number of fused-ring (bicyclic) bond motifs is 1. The maximum atomic E-state index is 9.81. The number of aromatic nitrogens is 3. The maximum absolute atomic E-state index is 9.81. The molecule has 0 aliphatic rings. The van der Waals surface area contributed by atoms with E-state index < -0.39 is 6.10 Å². The van der Waals surface area contributed by atoms with Gasteiger partial charge in [0.25, 0.3) is 0 Å². The van der Waals surface area contributed by atoms with Gasteiger partial charge in [-0.05, 0) is 26.8 Å². The van der Waals surface area contributed by atoms with Gasteiger partial charge in [0, 0.05) is 18.0 Å². The summed E-state index contributed by atoms with van der Waals surface area (Å²) in [6.45, 7) is 4.30. The summed E-state index contributed by atoms with van der Waals surface area (Å²) in [5, 5.41) is 9.81. The Balaban J connectivity index is 2.47. The van der Waals surface area contributed by atoms with Gasteiger partial charge in [-0.1, -0.05) is 0 Å². The second-order valence-corrected chi connectivity index (χ2v) is 3.93. The van der Waals surface area contributed by atoms with Crippen LogP contribution in [-0.4, -0.2) is 26.0 Å². The molecule has 0 aromatic carbocycles. The normalized spacial score (nSPS) is 13.2. The zero-order valence-corrected chi connectivity index (χ0v) is 9.51. The number of nitrogens with zero attached hydrogens (tertiary/aromatic N) is 3. The largest absolute Gasteiger partial charge is 0.387 e. The van der Waals surface area contributed by atoms with E-state index in [4.69, 9.17) is 5.73 Å². The molecule has 0 amide bonds. The molecular weight excluding hydrogens is 204 g/mol. The standard InChI is InChI=1S/C11H16N4O/c1-7-5-11-14-9(10(16)3-4-12)6-15(11)8(2)13-7/h5-6,10,16H,3-4,12H2,1-2H3. The Morgan fingerprint density at radius 1 is 1.44 bits per heavy atom. The van der Waals surface area contributed by atoms with E-state index in [9.17, 15) is 5.11 Å². The maximum Gasteiger partial charge on any atom is 0.140 e. The first-order valence-corrected chi connectivity index (χ1v) is 5.33. The van der Waals surface area contributed by atoms with Crippen LogP contribution in [0.1, 0.15) is 29.7 Å². The Morgan fingerprint density at radius 3 is 2.88 bits per heavy atom. The van der Waals surface area contributed by atoms with Crippen molar-refractivity contribution in [1.82, 2.24) is 14.4 Å². The van der Waals surface area contributed by atoms with Crippen LogP contribution in [0.3, 0.4) is 0 Å². The Hall–Kier alpha value is -1.46. The van der Waals surface area contributed by atoms with Gasteiger partial charge in [-0.3, -0.25) is 4.40 Å². The Morgan fingerprint density at radius 2 is 2.19 bits per heavy atom. The number of rotatable bonds is 3. The van der Waals surface area contributed by atoms with Gasteiger partial charge in [-0.15, -0.1) is 0 Å². The molecule has 16 heavy (non-hydrogen) atoms.